The number of aryl methyl sites for hydroxylation is 2. The van der Waals surface area contributed by atoms with Gasteiger partial charge >= 0.3 is 6.03 Å². The van der Waals surface area contributed by atoms with Crippen molar-refractivity contribution in [1.82, 2.24) is 19.7 Å². The second-order valence-electron chi connectivity index (χ2n) is 9.57. The molecule has 0 radical (unpaired) electrons. The number of likely N-dealkylation sites (N-methyl/N-ethyl adjacent to an activating group) is 1. The number of piperidine rings is 1. The zero-order valence-corrected chi connectivity index (χ0v) is 20.3. The third-order valence-corrected chi connectivity index (χ3v) is 7.54. The minimum Gasteiger partial charge on any atom is -0.508 e. The smallest absolute Gasteiger partial charge is 0.327 e. The number of carbonyl (C=O) groups is 2. The number of pyridine rings is 1. The van der Waals surface area contributed by atoms with Gasteiger partial charge in [-0.1, -0.05) is 18.2 Å². The molecule has 0 unspecified atom stereocenters. The second-order valence-corrected chi connectivity index (χ2v) is 9.57. The predicted octanol–water partition coefficient (Wildman–Crippen LogP) is 3.86. The third kappa shape index (κ3) is 4.94. The number of likely N-dealkylation sites (tertiary alicyclic amines) is 1. The van der Waals surface area contributed by atoms with Crippen LogP contribution in [0, 0.1) is 0 Å². The molecule has 0 bridgehead atoms. The third-order valence-electron chi connectivity index (χ3n) is 7.54. The summed E-state index contributed by atoms with van der Waals surface area (Å²) in [5.41, 5.74) is 1.65. The largest absolute Gasteiger partial charge is 0.508 e. The van der Waals surface area contributed by atoms with E-state index in [4.69, 9.17) is 0 Å². The molecular formula is C27H36N4O3. The fourth-order valence-corrected chi connectivity index (χ4v) is 5.44. The highest BCUT2D eigenvalue weighted by Gasteiger charge is 2.57. The van der Waals surface area contributed by atoms with Crippen molar-refractivity contribution in [3.8, 4) is 5.75 Å². The van der Waals surface area contributed by atoms with Crippen molar-refractivity contribution in [3.05, 3.63) is 59.9 Å². The van der Waals surface area contributed by atoms with Gasteiger partial charge < -0.3 is 14.9 Å². The average Bonchev–Trinajstić information content (AvgIpc) is 3.05. The van der Waals surface area contributed by atoms with Gasteiger partial charge in [0.25, 0.3) is 5.91 Å². The van der Waals surface area contributed by atoms with E-state index in [2.05, 4.69) is 16.8 Å². The van der Waals surface area contributed by atoms with Crippen LogP contribution in [-0.2, 0) is 17.6 Å². The van der Waals surface area contributed by atoms with E-state index in [1.807, 2.05) is 42.3 Å². The molecule has 2 aromatic rings. The second kappa shape index (κ2) is 10.6. The van der Waals surface area contributed by atoms with Gasteiger partial charge in [-0.3, -0.25) is 14.7 Å². The van der Waals surface area contributed by atoms with Crippen LogP contribution in [0.5, 0.6) is 5.75 Å². The SMILES string of the molecule is CCN1C(=O)N(CCCc2cccnc2)C(=O)C12CCN([C@@H](C)CCc1ccc(O)cc1)CC2. The van der Waals surface area contributed by atoms with Crippen molar-refractivity contribution in [2.45, 2.75) is 64.0 Å². The Kier molecular flexibility index (Phi) is 7.51. The highest BCUT2D eigenvalue weighted by Crippen LogP contribution is 2.38. The van der Waals surface area contributed by atoms with E-state index in [-0.39, 0.29) is 11.9 Å². The van der Waals surface area contributed by atoms with E-state index in [1.165, 1.54) is 10.5 Å². The van der Waals surface area contributed by atoms with Crippen molar-refractivity contribution in [3.63, 3.8) is 0 Å². The summed E-state index contributed by atoms with van der Waals surface area (Å²) in [7, 11) is 0. The molecule has 0 saturated carbocycles. The van der Waals surface area contributed by atoms with Crippen molar-refractivity contribution < 1.29 is 14.7 Å². The molecule has 7 heteroatoms. The van der Waals surface area contributed by atoms with Crippen LogP contribution in [0.25, 0.3) is 0 Å². The Morgan fingerprint density at radius 3 is 2.44 bits per heavy atom. The van der Waals surface area contributed by atoms with Crippen LogP contribution in [-0.4, -0.2) is 74.5 Å². The molecule has 2 fully saturated rings. The Morgan fingerprint density at radius 1 is 1.06 bits per heavy atom. The standard InChI is InChI=1S/C27H36N4O3/c1-3-31-26(34)30(17-5-7-23-6-4-16-28-20-23)25(33)27(31)14-18-29(19-15-27)21(2)8-9-22-10-12-24(32)13-11-22/h4,6,10-13,16,20-21,32H,3,5,7-9,14-15,17-19H2,1-2H3/t21-/m0/s1. The lowest BCUT2D eigenvalue weighted by atomic mass is 9.85. The van der Waals surface area contributed by atoms with E-state index in [9.17, 15) is 14.7 Å². The normalized spacial score (nSPS) is 19.2. The van der Waals surface area contributed by atoms with Crippen LogP contribution >= 0.6 is 0 Å². The number of hydrogen-bond donors (Lipinski definition) is 1. The Labute approximate surface area is 202 Å². The molecule has 3 heterocycles. The van der Waals surface area contributed by atoms with Crippen LogP contribution in [0.4, 0.5) is 4.79 Å². The molecule has 7 nitrogen and oxygen atoms in total. The van der Waals surface area contributed by atoms with Crippen LogP contribution in [0.3, 0.4) is 0 Å². The Balaban J connectivity index is 1.33. The number of urea groups is 1. The van der Waals surface area contributed by atoms with E-state index >= 15 is 0 Å². The molecule has 3 amide bonds. The Bertz CT molecular complexity index is 971. The van der Waals surface area contributed by atoms with Gasteiger partial charge in [0.15, 0.2) is 0 Å². The van der Waals surface area contributed by atoms with Gasteiger partial charge in [0.2, 0.25) is 0 Å². The van der Waals surface area contributed by atoms with Crippen molar-refractivity contribution in [1.29, 1.82) is 0 Å². The molecule has 2 aliphatic rings. The number of aromatic hydroxyl groups is 1. The molecule has 1 aromatic carbocycles. The van der Waals surface area contributed by atoms with Crippen molar-refractivity contribution in [2.75, 3.05) is 26.2 Å². The van der Waals surface area contributed by atoms with Gasteiger partial charge in [-0.2, -0.15) is 0 Å². The van der Waals surface area contributed by atoms with Gasteiger partial charge in [-0.05, 0) is 81.7 Å². The number of rotatable bonds is 9. The summed E-state index contributed by atoms with van der Waals surface area (Å²) in [4.78, 5) is 36.6. The summed E-state index contributed by atoms with van der Waals surface area (Å²) in [6.07, 6.45) is 8.48. The number of carbonyl (C=O) groups excluding carboxylic acids is 2. The molecule has 4 rings (SSSR count). The minimum atomic E-state index is -0.687. The zero-order chi connectivity index (χ0) is 24.1. The lowest BCUT2D eigenvalue weighted by Gasteiger charge is -2.43. The number of nitrogens with zero attached hydrogens (tertiary/aromatic N) is 4. The summed E-state index contributed by atoms with van der Waals surface area (Å²) < 4.78 is 0. The van der Waals surface area contributed by atoms with Gasteiger partial charge in [0.05, 0.1) is 0 Å². The lowest BCUT2D eigenvalue weighted by molar-refractivity contribution is -0.136. The first-order chi connectivity index (χ1) is 16.4. The summed E-state index contributed by atoms with van der Waals surface area (Å²) in [5.74, 6) is 0.280. The molecule has 1 N–H and O–H groups in total. The number of phenols is 1. The van der Waals surface area contributed by atoms with Gasteiger partial charge in [-0.25, -0.2) is 4.79 Å². The van der Waals surface area contributed by atoms with Crippen LogP contribution < -0.4 is 0 Å². The molecule has 1 aromatic heterocycles. The predicted molar refractivity (Wildman–Crippen MR) is 131 cm³/mol. The number of aromatic nitrogens is 1. The first kappa shape index (κ1) is 24.2. The fourth-order valence-electron chi connectivity index (χ4n) is 5.44. The molecule has 2 aliphatic heterocycles. The summed E-state index contributed by atoms with van der Waals surface area (Å²) in [6, 6.07) is 11.6. The van der Waals surface area contributed by atoms with Gasteiger partial charge in [0.1, 0.15) is 11.3 Å². The van der Waals surface area contributed by atoms with Crippen molar-refractivity contribution >= 4 is 11.9 Å². The van der Waals surface area contributed by atoms with Crippen LogP contribution in [0.15, 0.2) is 48.8 Å². The molecule has 1 spiro atoms. The van der Waals surface area contributed by atoms with E-state index in [0.717, 1.165) is 44.3 Å². The number of imide groups is 1. The summed E-state index contributed by atoms with van der Waals surface area (Å²) in [6.45, 7) is 6.85. The maximum atomic E-state index is 13.5. The van der Waals surface area contributed by atoms with Crippen molar-refractivity contribution in [2.24, 2.45) is 0 Å². The van der Waals surface area contributed by atoms with Crippen LogP contribution in [0.2, 0.25) is 0 Å². The number of benzene rings is 1. The fraction of sp³-hybridized carbons (Fsp3) is 0.519. The average molecular weight is 465 g/mol. The zero-order valence-electron chi connectivity index (χ0n) is 20.3. The van der Waals surface area contributed by atoms with Gasteiger partial charge in [-0.15, -0.1) is 0 Å². The monoisotopic (exact) mass is 464 g/mol. The molecular weight excluding hydrogens is 428 g/mol. The first-order valence-corrected chi connectivity index (χ1v) is 12.5. The summed E-state index contributed by atoms with van der Waals surface area (Å²) >= 11 is 0. The molecule has 1 atom stereocenters. The number of phenolic OH excluding ortho intramolecular Hbond substituents is 1. The minimum absolute atomic E-state index is 0.0121. The lowest BCUT2D eigenvalue weighted by Crippen LogP contribution is -2.57. The Hall–Kier alpha value is -2.93. The highest BCUT2D eigenvalue weighted by atomic mass is 16.3. The number of amides is 3. The molecule has 34 heavy (non-hydrogen) atoms. The van der Waals surface area contributed by atoms with E-state index in [0.29, 0.717) is 37.7 Å². The van der Waals surface area contributed by atoms with E-state index < -0.39 is 5.54 Å². The molecule has 2 saturated heterocycles. The van der Waals surface area contributed by atoms with Gasteiger partial charge in [0, 0.05) is 44.6 Å². The maximum absolute atomic E-state index is 13.5. The summed E-state index contributed by atoms with van der Waals surface area (Å²) in [5, 5.41) is 9.47. The van der Waals surface area contributed by atoms with E-state index in [1.54, 1.807) is 18.3 Å². The molecule has 0 aliphatic carbocycles. The first-order valence-electron chi connectivity index (χ1n) is 12.5. The maximum Gasteiger partial charge on any atom is 0.327 e. The highest BCUT2D eigenvalue weighted by molar-refractivity contribution is 6.07. The van der Waals surface area contributed by atoms with Crippen LogP contribution in [0.1, 0.15) is 50.7 Å². The number of hydrogen-bond acceptors (Lipinski definition) is 5. The Morgan fingerprint density at radius 2 is 1.79 bits per heavy atom. The topological polar surface area (TPSA) is 77.0 Å². The quantitative estimate of drug-likeness (QED) is 0.570. The molecule has 182 valence electrons.